The fourth-order valence-corrected chi connectivity index (χ4v) is 2.09. The first kappa shape index (κ1) is 11.4. The first-order chi connectivity index (χ1) is 7.65. The minimum atomic E-state index is -0.402. The van der Waals surface area contributed by atoms with Crippen molar-refractivity contribution in [1.82, 2.24) is 9.61 Å². The zero-order valence-electron chi connectivity index (χ0n) is 8.41. The van der Waals surface area contributed by atoms with E-state index in [-0.39, 0.29) is 0 Å². The van der Waals surface area contributed by atoms with E-state index in [2.05, 4.69) is 21.0 Å². The van der Waals surface area contributed by atoms with Gasteiger partial charge >= 0.3 is 5.97 Å². The maximum Gasteiger partial charge on any atom is 0.342 e. The Kier molecular flexibility index (Phi) is 3.16. The molecule has 4 nitrogen and oxygen atoms in total. The molecule has 0 aliphatic heterocycles. The van der Waals surface area contributed by atoms with Crippen molar-refractivity contribution in [2.75, 3.05) is 6.61 Å². The van der Waals surface area contributed by atoms with Gasteiger partial charge in [-0.25, -0.2) is 9.31 Å². The molecule has 0 saturated carbocycles. The third-order valence-corrected chi connectivity index (χ3v) is 2.99. The van der Waals surface area contributed by atoms with Crippen LogP contribution in [0.25, 0.3) is 5.52 Å². The van der Waals surface area contributed by atoms with Gasteiger partial charge in [-0.05, 0) is 35.0 Å². The predicted octanol–water partition coefficient (Wildman–Crippen LogP) is 2.93. The maximum absolute atomic E-state index is 11.6. The fourth-order valence-electron chi connectivity index (χ4n) is 1.39. The number of nitrogens with zero attached hydrogens (tertiary/aromatic N) is 2. The Balaban J connectivity index is 2.64. The maximum atomic E-state index is 11.6. The number of halogens is 2. The van der Waals surface area contributed by atoms with Crippen LogP contribution < -0.4 is 0 Å². The number of esters is 1. The lowest BCUT2D eigenvalue weighted by atomic mass is 10.2. The first-order valence-corrected chi connectivity index (χ1v) is 5.81. The van der Waals surface area contributed by atoms with Crippen molar-refractivity contribution >= 4 is 39.0 Å². The molecule has 0 radical (unpaired) electrons. The van der Waals surface area contributed by atoms with Crippen LogP contribution in [0.3, 0.4) is 0 Å². The molecule has 0 saturated heterocycles. The number of ether oxygens (including phenoxy) is 1. The number of pyridine rings is 1. The molecular weight excluding hydrogens is 295 g/mol. The monoisotopic (exact) mass is 302 g/mol. The highest BCUT2D eigenvalue weighted by atomic mass is 79.9. The third kappa shape index (κ3) is 1.81. The summed E-state index contributed by atoms with van der Waals surface area (Å²) in [5.74, 6) is -0.402. The number of hydrogen-bond acceptors (Lipinski definition) is 3. The number of rotatable bonds is 2. The fraction of sp³-hybridized carbons (Fsp3) is 0.200. The molecule has 0 amide bonds. The SMILES string of the molecule is CCOC(=O)c1cnn2c(Cl)ccc(Br)c12. The van der Waals surface area contributed by atoms with Crippen molar-refractivity contribution in [3.05, 3.63) is 33.5 Å². The van der Waals surface area contributed by atoms with Crippen molar-refractivity contribution in [3.8, 4) is 0 Å². The summed E-state index contributed by atoms with van der Waals surface area (Å²) in [6.45, 7) is 2.08. The summed E-state index contributed by atoms with van der Waals surface area (Å²) in [6, 6.07) is 3.46. The summed E-state index contributed by atoms with van der Waals surface area (Å²) in [4.78, 5) is 11.6. The van der Waals surface area contributed by atoms with Crippen LogP contribution in [0, 0.1) is 0 Å². The molecule has 6 heteroatoms. The highest BCUT2D eigenvalue weighted by Gasteiger charge is 2.17. The number of carbonyl (C=O) groups is 1. The van der Waals surface area contributed by atoms with Crippen molar-refractivity contribution < 1.29 is 9.53 Å². The molecule has 0 unspecified atom stereocenters. The van der Waals surface area contributed by atoms with E-state index < -0.39 is 5.97 Å². The van der Waals surface area contributed by atoms with Crippen LogP contribution in [0.15, 0.2) is 22.8 Å². The molecule has 0 aliphatic carbocycles. The van der Waals surface area contributed by atoms with Gasteiger partial charge in [-0.3, -0.25) is 0 Å². The first-order valence-electron chi connectivity index (χ1n) is 4.64. The van der Waals surface area contributed by atoms with Crippen LogP contribution in [0.2, 0.25) is 5.15 Å². The largest absolute Gasteiger partial charge is 0.462 e. The average Bonchev–Trinajstić information content (AvgIpc) is 2.69. The molecular formula is C10H8BrClN2O2. The van der Waals surface area contributed by atoms with Crippen LogP contribution in [-0.4, -0.2) is 22.2 Å². The lowest BCUT2D eigenvalue weighted by molar-refractivity contribution is 0.0528. The van der Waals surface area contributed by atoms with Crippen LogP contribution in [0.1, 0.15) is 17.3 Å². The molecule has 2 aromatic heterocycles. The van der Waals surface area contributed by atoms with E-state index in [9.17, 15) is 4.79 Å². The summed E-state index contributed by atoms with van der Waals surface area (Å²) in [7, 11) is 0. The van der Waals surface area contributed by atoms with Crippen molar-refractivity contribution in [1.29, 1.82) is 0 Å². The zero-order valence-corrected chi connectivity index (χ0v) is 10.7. The topological polar surface area (TPSA) is 43.6 Å². The summed E-state index contributed by atoms with van der Waals surface area (Å²) >= 11 is 9.30. The second kappa shape index (κ2) is 4.43. The van der Waals surface area contributed by atoms with Crippen molar-refractivity contribution in [3.63, 3.8) is 0 Å². The summed E-state index contributed by atoms with van der Waals surface area (Å²) < 4.78 is 7.16. The third-order valence-electron chi connectivity index (χ3n) is 2.06. The van der Waals surface area contributed by atoms with Gasteiger partial charge in [0, 0.05) is 4.47 Å². The molecule has 16 heavy (non-hydrogen) atoms. The van der Waals surface area contributed by atoms with E-state index in [1.165, 1.54) is 10.7 Å². The van der Waals surface area contributed by atoms with E-state index in [4.69, 9.17) is 16.3 Å². The van der Waals surface area contributed by atoms with Gasteiger partial charge in [0.1, 0.15) is 10.7 Å². The Morgan fingerprint density at radius 3 is 3.06 bits per heavy atom. The van der Waals surface area contributed by atoms with Gasteiger partial charge < -0.3 is 4.74 Å². The van der Waals surface area contributed by atoms with Crippen molar-refractivity contribution in [2.24, 2.45) is 0 Å². The smallest absolute Gasteiger partial charge is 0.342 e. The van der Waals surface area contributed by atoms with Crippen LogP contribution >= 0.6 is 27.5 Å². The Morgan fingerprint density at radius 1 is 1.62 bits per heavy atom. The molecule has 84 valence electrons. The van der Waals surface area contributed by atoms with Gasteiger partial charge in [0.15, 0.2) is 0 Å². The minimum Gasteiger partial charge on any atom is -0.462 e. The van der Waals surface area contributed by atoms with E-state index in [1.54, 1.807) is 19.1 Å². The molecule has 0 atom stereocenters. The summed E-state index contributed by atoms with van der Waals surface area (Å²) in [5, 5.41) is 4.47. The Morgan fingerprint density at radius 2 is 2.38 bits per heavy atom. The van der Waals surface area contributed by atoms with Gasteiger partial charge in [0.05, 0.1) is 18.3 Å². The molecule has 0 bridgehead atoms. The van der Waals surface area contributed by atoms with E-state index in [0.29, 0.717) is 22.8 Å². The van der Waals surface area contributed by atoms with Crippen LogP contribution in [0.5, 0.6) is 0 Å². The lowest BCUT2D eigenvalue weighted by Crippen LogP contribution is -2.04. The number of hydrogen-bond donors (Lipinski definition) is 0. The summed E-state index contributed by atoms with van der Waals surface area (Å²) in [6.07, 6.45) is 1.45. The standard InChI is InChI=1S/C10H8BrClN2O2/c1-2-16-10(15)6-5-13-14-8(12)4-3-7(11)9(6)14/h3-5H,2H2,1H3. The highest BCUT2D eigenvalue weighted by Crippen LogP contribution is 2.25. The number of fused-ring (bicyclic) bond motifs is 1. The van der Waals surface area contributed by atoms with E-state index >= 15 is 0 Å². The predicted molar refractivity (Wildman–Crippen MR) is 63.9 cm³/mol. The molecule has 0 aromatic carbocycles. The van der Waals surface area contributed by atoms with E-state index in [1.807, 2.05) is 0 Å². The second-order valence-corrected chi connectivity index (χ2v) is 4.28. The van der Waals surface area contributed by atoms with Crippen molar-refractivity contribution in [2.45, 2.75) is 6.92 Å². The van der Waals surface area contributed by atoms with E-state index in [0.717, 1.165) is 4.47 Å². The minimum absolute atomic E-state index is 0.328. The number of aromatic nitrogens is 2. The molecule has 2 aromatic rings. The van der Waals surface area contributed by atoms with Gasteiger partial charge in [0.2, 0.25) is 0 Å². The second-order valence-electron chi connectivity index (χ2n) is 3.04. The molecule has 0 spiro atoms. The average molecular weight is 304 g/mol. The van der Waals surface area contributed by atoms with Gasteiger partial charge in [-0.15, -0.1) is 0 Å². The van der Waals surface area contributed by atoms with Gasteiger partial charge in [-0.2, -0.15) is 5.10 Å². The normalized spacial score (nSPS) is 10.7. The molecule has 0 N–H and O–H groups in total. The van der Waals surface area contributed by atoms with Gasteiger partial charge in [-0.1, -0.05) is 11.6 Å². The summed E-state index contributed by atoms with van der Waals surface area (Å²) in [5.41, 5.74) is 1.02. The Labute approximate surface area is 105 Å². The Bertz CT molecular complexity index is 553. The van der Waals surface area contributed by atoms with Gasteiger partial charge in [0.25, 0.3) is 0 Å². The van der Waals surface area contributed by atoms with Crippen LogP contribution in [0.4, 0.5) is 0 Å². The highest BCUT2D eigenvalue weighted by molar-refractivity contribution is 9.10. The molecule has 0 fully saturated rings. The van der Waals surface area contributed by atoms with Crippen LogP contribution in [-0.2, 0) is 4.74 Å². The molecule has 0 aliphatic rings. The molecule has 2 heterocycles. The molecule has 2 rings (SSSR count). The Hall–Kier alpha value is -1.07. The number of carbonyl (C=O) groups excluding carboxylic acids is 1. The zero-order chi connectivity index (χ0) is 11.7. The quantitative estimate of drug-likeness (QED) is 0.633. The lowest BCUT2D eigenvalue weighted by Gasteiger charge is -2.02.